The SMILES string of the molecule is Cl.O=C(NCCN1CCNCC1)c1ccc2c(c1)S(=O)(=O)c1ccccc1C2=O. The number of fused-ring (bicyclic) bond motifs is 2. The van der Waals surface area contributed by atoms with Gasteiger partial charge in [0, 0.05) is 56.0 Å². The van der Waals surface area contributed by atoms with E-state index in [4.69, 9.17) is 0 Å². The molecule has 0 unspecified atom stereocenters. The second-order valence-electron chi connectivity index (χ2n) is 6.89. The van der Waals surface area contributed by atoms with Gasteiger partial charge in [-0.25, -0.2) is 8.42 Å². The van der Waals surface area contributed by atoms with E-state index < -0.39 is 9.84 Å². The van der Waals surface area contributed by atoms with Gasteiger partial charge in [0.25, 0.3) is 5.91 Å². The maximum atomic E-state index is 12.9. The average molecular weight is 436 g/mol. The Balaban J connectivity index is 0.00000240. The molecular weight excluding hydrogens is 414 g/mol. The minimum absolute atomic E-state index is 0. The van der Waals surface area contributed by atoms with Crippen molar-refractivity contribution in [1.82, 2.24) is 15.5 Å². The van der Waals surface area contributed by atoms with Crippen LogP contribution in [-0.4, -0.2) is 64.3 Å². The van der Waals surface area contributed by atoms with Crippen LogP contribution < -0.4 is 10.6 Å². The molecule has 2 aromatic rings. The zero-order chi connectivity index (χ0) is 19.7. The number of sulfone groups is 1. The van der Waals surface area contributed by atoms with Gasteiger partial charge in [0.2, 0.25) is 9.84 Å². The first-order valence-corrected chi connectivity index (χ1v) is 10.7. The smallest absolute Gasteiger partial charge is 0.251 e. The molecule has 29 heavy (non-hydrogen) atoms. The van der Waals surface area contributed by atoms with Crippen LogP contribution >= 0.6 is 12.4 Å². The lowest BCUT2D eigenvalue weighted by atomic mass is 10.0. The van der Waals surface area contributed by atoms with Crippen molar-refractivity contribution in [3.05, 3.63) is 59.2 Å². The van der Waals surface area contributed by atoms with E-state index in [0.29, 0.717) is 6.54 Å². The molecule has 4 rings (SSSR count). The van der Waals surface area contributed by atoms with Crippen molar-refractivity contribution in [2.24, 2.45) is 0 Å². The molecule has 0 atom stereocenters. The minimum atomic E-state index is -3.84. The topological polar surface area (TPSA) is 95.6 Å². The van der Waals surface area contributed by atoms with Crippen molar-refractivity contribution in [1.29, 1.82) is 0 Å². The Labute approximate surface area is 175 Å². The van der Waals surface area contributed by atoms with Crippen molar-refractivity contribution in [3.63, 3.8) is 0 Å². The summed E-state index contributed by atoms with van der Waals surface area (Å²) >= 11 is 0. The Bertz CT molecular complexity index is 1050. The molecule has 7 nitrogen and oxygen atoms in total. The van der Waals surface area contributed by atoms with Crippen LogP contribution in [0.4, 0.5) is 0 Å². The maximum absolute atomic E-state index is 12.9. The van der Waals surface area contributed by atoms with Gasteiger partial charge in [0.05, 0.1) is 9.79 Å². The van der Waals surface area contributed by atoms with E-state index in [2.05, 4.69) is 15.5 Å². The Morgan fingerprint density at radius 3 is 2.48 bits per heavy atom. The predicted molar refractivity (Wildman–Crippen MR) is 111 cm³/mol. The summed E-state index contributed by atoms with van der Waals surface area (Å²) in [4.78, 5) is 27.3. The number of amides is 1. The lowest BCUT2D eigenvalue weighted by Gasteiger charge is -2.27. The summed E-state index contributed by atoms with van der Waals surface area (Å²) in [5.41, 5.74) is 0.508. The van der Waals surface area contributed by atoms with E-state index in [1.807, 2.05) is 0 Å². The molecule has 2 aromatic carbocycles. The molecule has 2 aliphatic rings. The van der Waals surface area contributed by atoms with Gasteiger partial charge in [-0.3, -0.25) is 14.5 Å². The summed E-state index contributed by atoms with van der Waals surface area (Å²) in [5.74, 6) is -0.689. The van der Waals surface area contributed by atoms with Gasteiger partial charge < -0.3 is 10.6 Å². The van der Waals surface area contributed by atoms with Gasteiger partial charge in [-0.2, -0.15) is 0 Å². The molecule has 0 bridgehead atoms. The highest BCUT2D eigenvalue weighted by molar-refractivity contribution is 7.91. The summed E-state index contributed by atoms with van der Waals surface area (Å²) in [7, 11) is -3.84. The third kappa shape index (κ3) is 4.06. The molecule has 2 N–H and O–H groups in total. The van der Waals surface area contributed by atoms with Gasteiger partial charge in [-0.05, 0) is 30.3 Å². The Morgan fingerprint density at radius 2 is 1.72 bits per heavy atom. The number of carbonyl (C=O) groups is 2. The number of nitrogens with zero attached hydrogens (tertiary/aromatic N) is 1. The normalized spacial score (nSPS) is 17.6. The van der Waals surface area contributed by atoms with Gasteiger partial charge >= 0.3 is 0 Å². The molecule has 1 fully saturated rings. The van der Waals surface area contributed by atoms with Crippen LogP contribution in [0, 0.1) is 0 Å². The van der Waals surface area contributed by atoms with Gasteiger partial charge in [0.15, 0.2) is 5.78 Å². The van der Waals surface area contributed by atoms with Crippen LogP contribution in [0.3, 0.4) is 0 Å². The fourth-order valence-corrected chi connectivity index (χ4v) is 5.27. The third-order valence-corrected chi connectivity index (χ3v) is 6.97. The molecule has 2 aliphatic heterocycles. The average Bonchev–Trinajstić information content (AvgIpc) is 2.73. The number of hydrogen-bond donors (Lipinski definition) is 2. The molecule has 1 saturated heterocycles. The van der Waals surface area contributed by atoms with Crippen LogP contribution in [0.2, 0.25) is 0 Å². The molecule has 1 amide bonds. The van der Waals surface area contributed by atoms with Crippen molar-refractivity contribution < 1.29 is 18.0 Å². The number of benzene rings is 2. The van der Waals surface area contributed by atoms with E-state index in [1.165, 1.54) is 30.3 Å². The highest BCUT2D eigenvalue weighted by atomic mass is 35.5. The van der Waals surface area contributed by atoms with Gasteiger partial charge in [-0.15, -0.1) is 12.4 Å². The standard InChI is InChI=1S/C20H21N3O4S.ClH/c24-19-15-3-1-2-4-17(15)28(26,27)18-13-14(5-6-16(18)19)20(25)22-9-12-23-10-7-21-8-11-23;/h1-6,13,21H,7-12H2,(H,22,25);1H. The lowest BCUT2D eigenvalue weighted by molar-refractivity contribution is 0.0945. The Kier molecular flexibility index (Phi) is 6.38. The fraction of sp³-hybridized carbons (Fsp3) is 0.300. The van der Waals surface area contributed by atoms with Crippen molar-refractivity contribution in [3.8, 4) is 0 Å². The first kappa shape index (κ1) is 21.4. The molecule has 2 heterocycles. The van der Waals surface area contributed by atoms with Crippen LogP contribution in [0.1, 0.15) is 26.3 Å². The molecule has 0 spiro atoms. The number of carbonyl (C=O) groups excluding carboxylic acids is 2. The number of halogens is 1. The van der Waals surface area contributed by atoms with Gasteiger partial charge in [0.1, 0.15) is 0 Å². The van der Waals surface area contributed by atoms with Crippen LogP contribution in [0.15, 0.2) is 52.3 Å². The van der Waals surface area contributed by atoms with E-state index in [1.54, 1.807) is 12.1 Å². The van der Waals surface area contributed by atoms with Crippen molar-refractivity contribution >= 4 is 33.9 Å². The monoisotopic (exact) mass is 435 g/mol. The molecule has 9 heteroatoms. The number of piperazine rings is 1. The van der Waals surface area contributed by atoms with Gasteiger partial charge in [-0.1, -0.05) is 12.1 Å². The quantitative estimate of drug-likeness (QED) is 0.637. The maximum Gasteiger partial charge on any atom is 0.251 e. The molecule has 0 radical (unpaired) electrons. The second-order valence-corrected chi connectivity index (χ2v) is 8.77. The largest absolute Gasteiger partial charge is 0.351 e. The van der Waals surface area contributed by atoms with Crippen LogP contribution in [0.5, 0.6) is 0 Å². The molecule has 0 saturated carbocycles. The van der Waals surface area contributed by atoms with E-state index in [-0.39, 0.29) is 50.6 Å². The minimum Gasteiger partial charge on any atom is -0.351 e. The summed E-state index contributed by atoms with van der Waals surface area (Å²) in [6.07, 6.45) is 0. The zero-order valence-electron chi connectivity index (χ0n) is 15.7. The van der Waals surface area contributed by atoms with E-state index >= 15 is 0 Å². The van der Waals surface area contributed by atoms with Crippen LogP contribution in [0.25, 0.3) is 0 Å². The van der Waals surface area contributed by atoms with E-state index in [0.717, 1.165) is 32.7 Å². The summed E-state index contributed by atoms with van der Waals surface area (Å²) in [5, 5.41) is 6.10. The summed E-state index contributed by atoms with van der Waals surface area (Å²) in [6, 6.07) is 10.4. The number of ketones is 1. The molecular formula is C20H22ClN3O4S. The zero-order valence-corrected chi connectivity index (χ0v) is 17.3. The van der Waals surface area contributed by atoms with Crippen molar-refractivity contribution in [2.45, 2.75) is 9.79 Å². The third-order valence-electron chi connectivity index (χ3n) is 5.12. The predicted octanol–water partition coefficient (Wildman–Crippen LogP) is 1.12. The molecule has 154 valence electrons. The first-order valence-electron chi connectivity index (χ1n) is 9.22. The number of hydrogen-bond acceptors (Lipinski definition) is 6. The Hall–Kier alpha value is -2.26. The number of rotatable bonds is 4. The fourth-order valence-electron chi connectivity index (χ4n) is 3.59. The molecule has 0 aromatic heterocycles. The Morgan fingerprint density at radius 1 is 1.03 bits per heavy atom. The first-order chi connectivity index (χ1) is 13.5. The lowest BCUT2D eigenvalue weighted by Crippen LogP contribution is -2.46. The highest BCUT2D eigenvalue weighted by Crippen LogP contribution is 2.34. The van der Waals surface area contributed by atoms with Crippen LogP contribution in [-0.2, 0) is 9.84 Å². The molecule has 0 aliphatic carbocycles. The summed E-state index contributed by atoms with van der Waals surface area (Å²) < 4.78 is 25.9. The highest BCUT2D eigenvalue weighted by Gasteiger charge is 2.34. The van der Waals surface area contributed by atoms with Crippen molar-refractivity contribution in [2.75, 3.05) is 39.3 Å². The number of nitrogens with one attached hydrogen (secondary N) is 2. The second kappa shape index (κ2) is 8.62. The summed E-state index contributed by atoms with van der Waals surface area (Å²) in [6.45, 7) is 4.97. The van der Waals surface area contributed by atoms with E-state index in [9.17, 15) is 18.0 Å².